The van der Waals surface area contributed by atoms with E-state index in [1.165, 1.54) is 21.0 Å². The van der Waals surface area contributed by atoms with Crippen molar-refractivity contribution in [1.29, 1.82) is 0 Å². The van der Waals surface area contributed by atoms with Crippen LogP contribution in [0.2, 0.25) is 0 Å². The molecule has 11 heteroatoms. The Morgan fingerprint density at radius 3 is 2.36 bits per heavy atom. The lowest BCUT2D eigenvalue weighted by Gasteiger charge is -2.19. The molecule has 0 unspecified atom stereocenters. The number of imide groups is 1. The van der Waals surface area contributed by atoms with Crippen LogP contribution in [0.15, 0.2) is 34.3 Å². The average molecular weight is 494 g/mol. The number of benzene rings is 1. The fourth-order valence-electron chi connectivity index (χ4n) is 3.75. The van der Waals surface area contributed by atoms with E-state index in [0.29, 0.717) is 54.4 Å². The number of thioether (sulfide) groups is 1. The quantitative estimate of drug-likeness (QED) is 0.350. The predicted molar refractivity (Wildman–Crippen MR) is 127 cm³/mol. The molecule has 0 N–H and O–H groups in total. The smallest absolute Gasteiger partial charge is 0.243 e. The molecule has 9 nitrogen and oxygen atoms in total. The van der Waals surface area contributed by atoms with Crippen LogP contribution in [0.3, 0.4) is 0 Å². The molecular weight excluding hydrogens is 462 g/mol. The van der Waals surface area contributed by atoms with E-state index in [0.717, 1.165) is 0 Å². The van der Waals surface area contributed by atoms with E-state index < -0.39 is 10.0 Å². The van der Waals surface area contributed by atoms with Crippen LogP contribution in [0, 0.1) is 5.92 Å². The summed E-state index contributed by atoms with van der Waals surface area (Å²) in [6.45, 7) is 9.59. The van der Waals surface area contributed by atoms with Crippen molar-refractivity contribution < 1.29 is 18.0 Å². The van der Waals surface area contributed by atoms with Crippen molar-refractivity contribution in [3.05, 3.63) is 24.3 Å². The lowest BCUT2D eigenvalue weighted by Crippen LogP contribution is -2.31. The Morgan fingerprint density at radius 2 is 1.76 bits per heavy atom. The van der Waals surface area contributed by atoms with E-state index >= 15 is 0 Å². The summed E-state index contributed by atoms with van der Waals surface area (Å²) >= 11 is 1.43. The molecule has 3 rings (SSSR count). The summed E-state index contributed by atoms with van der Waals surface area (Å²) in [6.07, 6.45) is 0.563. The summed E-state index contributed by atoms with van der Waals surface area (Å²) < 4.78 is 29.4. The molecule has 0 spiro atoms. The number of aromatic nitrogens is 3. The van der Waals surface area contributed by atoms with E-state index in [4.69, 9.17) is 0 Å². The van der Waals surface area contributed by atoms with Crippen molar-refractivity contribution >= 4 is 33.6 Å². The molecule has 0 saturated carbocycles. The van der Waals surface area contributed by atoms with E-state index in [9.17, 15) is 18.0 Å². The van der Waals surface area contributed by atoms with Gasteiger partial charge >= 0.3 is 0 Å². The molecular formula is C22H31N5O4S2. The summed E-state index contributed by atoms with van der Waals surface area (Å²) in [7, 11) is -3.59. The zero-order valence-corrected chi connectivity index (χ0v) is 21.2. The maximum absolute atomic E-state index is 13.0. The number of nitrogens with zero attached hydrogens (tertiary/aromatic N) is 5. The Hall–Kier alpha value is -2.24. The van der Waals surface area contributed by atoms with Crippen LogP contribution in [-0.4, -0.2) is 69.6 Å². The second-order valence-electron chi connectivity index (χ2n) is 8.22. The Bertz CT molecular complexity index is 1090. The molecule has 1 saturated heterocycles. The third-order valence-corrected chi connectivity index (χ3v) is 8.39. The summed E-state index contributed by atoms with van der Waals surface area (Å²) in [5.41, 5.74) is 0.674. The Kier molecular flexibility index (Phi) is 8.30. The minimum absolute atomic E-state index is 0.129. The molecule has 2 aromatic rings. The van der Waals surface area contributed by atoms with Crippen molar-refractivity contribution in [2.24, 2.45) is 5.92 Å². The molecule has 180 valence electrons. The van der Waals surface area contributed by atoms with Gasteiger partial charge in [-0.05, 0) is 18.1 Å². The molecule has 1 aromatic heterocycles. The van der Waals surface area contributed by atoms with Gasteiger partial charge in [-0.1, -0.05) is 51.6 Å². The van der Waals surface area contributed by atoms with Crippen LogP contribution in [0.4, 0.5) is 0 Å². The van der Waals surface area contributed by atoms with Crippen molar-refractivity contribution in [1.82, 2.24) is 24.0 Å². The van der Waals surface area contributed by atoms with E-state index in [1.807, 2.05) is 24.5 Å². The molecule has 0 radical (unpaired) electrons. The number of sulfonamides is 1. The van der Waals surface area contributed by atoms with Gasteiger partial charge in [-0.2, -0.15) is 4.31 Å². The topological polar surface area (TPSA) is 105 Å². The zero-order chi connectivity index (χ0) is 24.2. The van der Waals surface area contributed by atoms with Gasteiger partial charge in [0.1, 0.15) is 0 Å². The molecule has 1 fully saturated rings. The maximum atomic E-state index is 13.0. The van der Waals surface area contributed by atoms with Gasteiger partial charge in [0.15, 0.2) is 11.0 Å². The number of hydrogen-bond donors (Lipinski definition) is 0. The van der Waals surface area contributed by atoms with Crippen LogP contribution in [-0.2, 0) is 26.2 Å². The van der Waals surface area contributed by atoms with Gasteiger partial charge in [0.2, 0.25) is 21.8 Å². The highest BCUT2D eigenvalue weighted by atomic mass is 32.2. The van der Waals surface area contributed by atoms with Gasteiger partial charge in [-0.25, -0.2) is 8.42 Å². The molecule has 0 atom stereocenters. The van der Waals surface area contributed by atoms with E-state index in [2.05, 4.69) is 24.0 Å². The summed E-state index contributed by atoms with van der Waals surface area (Å²) in [5.74, 6) is 1.16. The second kappa shape index (κ2) is 10.8. The first kappa shape index (κ1) is 25.4. The molecule has 2 amide bonds. The van der Waals surface area contributed by atoms with Crippen LogP contribution >= 0.6 is 11.8 Å². The standard InChI is InChI=1S/C22H31N5O4S2/c1-5-25(6-2)33(30,31)18-9-7-8-17(14-18)21-23-24-22(27(21)15-16(3)4)32-13-12-26-19(28)10-11-20(26)29/h7-9,14,16H,5-6,10-13,15H2,1-4H3. The van der Waals surface area contributed by atoms with Gasteiger partial charge in [0.25, 0.3) is 0 Å². The first-order valence-corrected chi connectivity index (χ1v) is 13.6. The van der Waals surface area contributed by atoms with Crippen LogP contribution in [0.5, 0.6) is 0 Å². The zero-order valence-electron chi connectivity index (χ0n) is 19.5. The van der Waals surface area contributed by atoms with Gasteiger partial charge in [0.05, 0.1) is 4.90 Å². The maximum Gasteiger partial charge on any atom is 0.243 e. The number of amides is 2. The number of likely N-dealkylation sites (tertiary alicyclic amines) is 1. The molecule has 0 bridgehead atoms. The highest BCUT2D eigenvalue weighted by Gasteiger charge is 2.28. The highest BCUT2D eigenvalue weighted by Crippen LogP contribution is 2.28. The Balaban J connectivity index is 1.87. The normalized spacial score (nSPS) is 14.8. The first-order chi connectivity index (χ1) is 15.7. The van der Waals surface area contributed by atoms with Gasteiger partial charge < -0.3 is 4.57 Å². The predicted octanol–water partition coefficient (Wildman–Crippen LogP) is 2.87. The van der Waals surface area contributed by atoms with Crippen LogP contribution in [0.1, 0.15) is 40.5 Å². The van der Waals surface area contributed by atoms with Gasteiger partial charge in [-0.15, -0.1) is 10.2 Å². The summed E-state index contributed by atoms with van der Waals surface area (Å²) in [4.78, 5) is 25.2. The van der Waals surface area contributed by atoms with Gasteiger partial charge in [0, 0.05) is 50.3 Å². The summed E-state index contributed by atoms with van der Waals surface area (Å²) in [6, 6.07) is 6.79. The van der Waals surface area contributed by atoms with Crippen LogP contribution in [0.25, 0.3) is 11.4 Å². The largest absolute Gasteiger partial charge is 0.302 e. The molecule has 1 aliphatic rings. The van der Waals surface area contributed by atoms with Crippen molar-refractivity contribution in [2.45, 2.75) is 57.1 Å². The molecule has 2 heterocycles. The fraction of sp³-hybridized carbons (Fsp3) is 0.545. The van der Waals surface area contributed by atoms with Crippen molar-refractivity contribution in [3.8, 4) is 11.4 Å². The Morgan fingerprint density at radius 1 is 1.09 bits per heavy atom. The second-order valence-corrected chi connectivity index (χ2v) is 11.2. The fourth-order valence-corrected chi connectivity index (χ4v) is 6.12. The number of carbonyl (C=O) groups is 2. The highest BCUT2D eigenvalue weighted by molar-refractivity contribution is 7.99. The van der Waals surface area contributed by atoms with Crippen molar-refractivity contribution in [2.75, 3.05) is 25.4 Å². The number of carbonyl (C=O) groups excluding carboxylic acids is 2. The lowest BCUT2D eigenvalue weighted by molar-refractivity contribution is -0.137. The van der Waals surface area contributed by atoms with Gasteiger partial charge in [-0.3, -0.25) is 14.5 Å². The SMILES string of the molecule is CCN(CC)S(=O)(=O)c1cccc(-c2nnc(SCCN3C(=O)CCC3=O)n2CC(C)C)c1. The van der Waals surface area contributed by atoms with E-state index in [1.54, 1.807) is 18.2 Å². The number of hydrogen-bond acceptors (Lipinski definition) is 7. The third kappa shape index (κ3) is 5.64. The molecule has 1 aromatic carbocycles. The molecule has 1 aliphatic heterocycles. The summed E-state index contributed by atoms with van der Waals surface area (Å²) in [5, 5.41) is 9.37. The van der Waals surface area contributed by atoms with Crippen LogP contribution < -0.4 is 0 Å². The number of rotatable bonds is 11. The monoisotopic (exact) mass is 493 g/mol. The first-order valence-electron chi connectivity index (χ1n) is 11.2. The molecule has 0 aliphatic carbocycles. The third-order valence-electron chi connectivity index (χ3n) is 5.40. The lowest BCUT2D eigenvalue weighted by atomic mass is 10.2. The minimum atomic E-state index is -3.59. The minimum Gasteiger partial charge on any atom is -0.302 e. The Labute approximate surface area is 199 Å². The average Bonchev–Trinajstić information content (AvgIpc) is 3.31. The van der Waals surface area contributed by atoms with Crippen molar-refractivity contribution in [3.63, 3.8) is 0 Å². The molecule has 33 heavy (non-hydrogen) atoms. The van der Waals surface area contributed by atoms with E-state index in [-0.39, 0.29) is 29.6 Å².